The van der Waals surface area contributed by atoms with Gasteiger partial charge in [-0.1, -0.05) is 11.6 Å². The van der Waals surface area contributed by atoms with Crippen molar-refractivity contribution in [2.75, 3.05) is 10.6 Å². The van der Waals surface area contributed by atoms with E-state index in [9.17, 15) is 9.59 Å². The lowest BCUT2D eigenvalue weighted by Gasteiger charge is -2.23. The molecule has 3 heterocycles. The van der Waals surface area contributed by atoms with E-state index in [1.807, 2.05) is 19.9 Å². The third-order valence-corrected chi connectivity index (χ3v) is 4.75. The molecule has 0 fully saturated rings. The Bertz CT molecular complexity index is 1140. The van der Waals surface area contributed by atoms with Crippen molar-refractivity contribution in [1.29, 1.82) is 0 Å². The van der Waals surface area contributed by atoms with E-state index in [1.165, 1.54) is 0 Å². The summed E-state index contributed by atoms with van der Waals surface area (Å²) in [6.07, 6.45) is -0.567. The third-order valence-electron chi connectivity index (χ3n) is 4.44. The van der Waals surface area contributed by atoms with Crippen molar-refractivity contribution in [3.05, 3.63) is 58.5 Å². The number of fused-ring (bicyclic) bond motifs is 1. The van der Waals surface area contributed by atoms with Gasteiger partial charge in [-0.25, -0.2) is 9.67 Å². The number of pyridine rings is 1. The second-order valence-electron chi connectivity index (χ2n) is 6.75. The minimum absolute atomic E-state index is 0.0725. The lowest BCUT2D eigenvalue weighted by Crippen LogP contribution is -2.34. The van der Waals surface area contributed by atoms with Crippen molar-refractivity contribution in [2.24, 2.45) is 0 Å². The largest absolute Gasteiger partial charge is 0.479 e. The standard InChI is InChI=1S/C20H18ClN5O3/c1-10-8-11(2)26(25-10)17-7-5-14(21)18(24-17)20(28)22-13-4-6-16-15(9-13)23-19(27)12(3)29-16/h4-9,12H,1-3H3,(H,22,28)(H,23,27). The Labute approximate surface area is 171 Å². The van der Waals surface area contributed by atoms with Gasteiger partial charge in [0, 0.05) is 11.4 Å². The summed E-state index contributed by atoms with van der Waals surface area (Å²) in [7, 11) is 0. The molecular weight excluding hydrogens is 394 g/mol. The van der Waals surface area contributed by atoms with Crippen LogP contribution in [0.15, 0.2) is 36.4 Å². The molecule has 148 valence electrons. The fraction of sp³-hybridized carbons (Fsp3) is 0.200. The van der Waals surface area contributed by atoms with Crippen LogP contribution in [0.25, 0.3) is 5.82 Å². The number of carbonyl (C=O) groups is 2. The first kappa shape index (κ1) is 18.9. The monoisotopic (exact) mass is 411 g/mol. The van der Waals surface area contributed by atoms with Gasteiger partial charge in [0.05, 0.1) is 16.4 Å². The smallest absolute Gasteiger partial charge is 0.275 e. The first-order valence-electron chi connectivity index (χ1n) is 8.95. The summed E-state index contributed by atoms with van der Waals surface area (Å²) >= 11 is 6.21. The van der Waals surface area contributed by atoms with Gasteiger partial charge in [-0.15, -0.1) is 0 Å². The van der Waals surface area contributed by atoms with Crippen LogP contribution in [0.3, 0.4) is 0 Å². The number of rotatable bonds is 3. The number of hydrogen-bond donors (Lipinski definition) is 2. The molecule has 1 atom stereocenters. The Balaban J connectivity index is 1.61. The van der Waals surface area contributed by atoms with Crippen LogP contribution in [0.1, 0.15) is 28.8 Å². The summed E-state index contributed by atoms with van der Waals surface area (Å²) in [6.45, 7) is 5.45. The maximum absolute atomic E-state index is 12.8. The van der Waals surface area contributed by atoms with Crippen LogP contribution in [-0.4, -0.2) is 32.7 Å². The third kappa shape index (κ3) is 3.66. The zero-order valence-corrected chi connectivity index (χ0v) is 16.7. The normalized spacial score (nSPS) is 15.3. The van der Waals surface area contributed by atoms with Crippen molar-refractivity contribution < 1.29 is 14.3 Å². The van der Waals surface area contributed by atoms with Gasteiger partial charge in [-0.3, -0.25) is 9.59 Å². The topological polar surface area (TPSA) is 98.1 Å². The fourth-order valence-corrected chi connectivity index (χ4v) is 3.24. The van der Waals surface area contributed by atoms with Gasteiger partial charge < -0.3 is 15.4 Å². The van der Waals surface area contributed by atoms with Gasteiger partial charge >= 0.3 is 0 Å². The van der Waals surface area contributed by atoms with E-state index in [1.54, 1.807) is 41.9 Å². The molecule has 0 aliphatic carbocycles. The average molecular weight is 412 g/mol. The number of aryl methyl sites for hydroxylation is 2. The highest BCUT2D eigenvalue weighted by molar-refractivity contribution is 6.34. The molecule has 8 nitrogen and oxygen atoms in total. The highest BCUT2D eigenvalue weighted by Crippen LogP contribution is 2.32. The number of aromatic nitrogens is 3. The predicted octanol–water partition coefficient (Wildman–Crippen LogP) is 3.51. The van der Waals surface area contributed by atoms with Crippen LogP contribution in [0, 0.1) is 13.8 Å². The number of nitrogens with one attached hydrogen (secondary N) is 2. The number of amides is 2. The molecule has 0 spiro atoms. The molecule has 4 rings (SSSR count). The van der Waals surface area contributed by atoms with Gasteiger partial charge in [0.1, 0.15) is 11.4 Å². The predicted molar refractivity (Wildman–Crippen MR) is 109 cm³/mol. The maximum Gasteiger partial charge on any atom is 0.275 e. The Hall–Kier alpha value is -3.39. The molecule has 3 aromatic rings. The fourth-order valence-electron chi connectivity index (χ4n) is 3.05. The van der Waals surface area contributed by atoms with E-state index in [2.05, 4.69) is 20.7 Å². The summed E-state index contributed by atoms with van der Waals surface area (Å²) in [5.41, 5.74) is 2.77. The molecule has 29 heavy (non-hydrogen) atoms. The number of ether oxygens (including phenoxy) is 1. The minimum Gasteiger partial charge on any atom is -0.479 e. The summed E-state index contributed by atoms with van der Waals surface area (Å²) in [5.74, 6) is 0.307. The Morgan fingerprint density at radius 2 is 2.03 bits per heavy atom. The van der Waals surface area contributed by atoms with E-state index in [0.717, 1.165) is 11.4 Å². The molecule has 9 heteroatoms. The molecule has 1 aromatic carbocycles. The molecule has 1 aliphatic heterocycles. The van der Waals surface area contributed by atoms with Gasteiger partial charge in [-0.2, -0.15) is 5.10 Å². The SMILES string of the molecule is Cc1cc(C)n(-c2ccc(Cl)c(C(=O)Nc3ccc4c(c3)NC(=O)C(C)O4)n2)n1. The van der Waals surface area contributed by atoms with E-state index >= 15 is 0 Å². The summed E-state index contributed by atoms with van der Waals surface area (Å²) < 4.78 is 7.17. The van der Waals surface area contributed by atoms with Crippen molar-refractivity contribution in [2.45, 2.75) is 26.9 Å². The van der Waals surface area contributed by atoms with E-state index in [0.29, 0.717) is 22.9 Å². The maximum atomic E-state index is 12.8. The number of carbonyl (C=O) groups excluding carboxylic acids is 2. The van der Waals surface area contributed by atoms with Crippen LogP contribution >= 0.6 is 11.6 Å². The van der Waals surface area contributed by atoms with Crippen molar-refractivity contribution >= 4 is 34.8 Å². The lowest BCUT2D eigenvalue weighted by molar-refractivity contribution is -0.122. The van der Waals surface area contributed by atoms with Crippen LogP contribution in [-0.2, 0) is 4.79 Å². The van der Waals surface area contributed by atoms with Gasteiger partial charge in [-0.05, 0) is 57.2 Å². The van der Waals surface area contributed by atoms with Crippen LogP contribution in [0.4, 0.5) is 11.4 Å². The molecule has 0 bridgehead atoms. The first-order chi connectivity index (χ1) is 13.8. The van der Waals surface area contributed by atoms with Crippen molar-refractivity contribution in [3.8, 4) is 11.6 Å². The minimum atomic E-state index is -0.567. The van der Waals surface area contributed by atoms with Crippen molar-refractivity contribution in [1.82, 2.24) is 14.8 Å². The molecular formula is C20H18ClN5O3. The molecule has 2 aromatic heterocycles. The van der Waals surface area contributed by atoms with Gasteiger partial charge in [0.15, 0.2) is 11.9 Å². The Morgan fingerprint density at radius 1 is 1.24 bits per heavy atom. The van der Waals surface area contributed by atoms with E-state index < -0.39 is 12.0 Å². The lowest BCUT2D eigenvalue weighted by atomic mass is 10.2. The van der Waals surface area contributed by atoms with Crippen LogP contribution in [0.2, 0.25) is 5.02 Å². The van der Waals surface area contributed by atoms with E-state index in [4.69, 9.17) is 16.3 Å². The highest BCUT2D eigenvalue weighted by Gasteiger charge is 2.24. The zero-order chi connectivity index (χ0) is 20.7. The molecule has 2 amide bonds. The molecule has 1 aliphatic rings. The summed E-state index contributed by atoms with van der Waals surface area (Å²) in [6, 6.07) is 10.2. The zero-order valence-electron chi connectivity index (χ0n) is 16.0. The van der Waals surface area contributed by atoms with Gasteiger partial charge in [0.2, 0.25) is 0 Å². The second kappa shape index (κ2) is 7.21. The average Bonchev–Trinajstić information content (AvgIpc) is 3.01. The number of benzene rings is 1. The highest BCUT2D eigenvalue weighted by atomic mass is 35.5. The molecule has 2 N–H and O–H groups in total. The Morgan fingerprint density at radius 3 is 2.76 bits per heavy atom. The second-order valence-corrected chi connectivity index (χ2v) is 7.16. The number of nitrogens with zero attached hydrogens (tertiary/aromatic N) is 3. The summed E-state index contributed by atoms with van der Waals surface area (Å²) in [5, 5.41) is 10.1. The number of anilines is 2. The van der Waals surface area contributed by atoms with Crippen LogP contribution in [0.5, 0.6) is 5.75 Å². The summed E-state index contributed by atoms with van der Waals surface area (Å²) in [4.78, 5) is 29.0. The van der Waals surface area contributed by atoms with Crippen LogP contribution < -0.4 is 15.4 Å². The number of hydrogen-bond acceptors (Lipinski definition) is 5. The van der Waals surface area contributed by atoms with E-state index in [-0.39, 0.29) is 16.6 Å². The molecule has 0 saturated carbocycles. The molecule has 0 saturated heterocycles. The van der Waals surface area contributed by atoms with Crippen molar-refractivity contribution in [3.63, 3.8) is 0 Å². The Kier molecular flexibility index (Phi) is 4.71. The van der Waals surface area contributed by atoms with Gasteiger partial charge in [0.25, 0.3) is 11.8 Å². The number of halogens is 1. The molecule has 0 radical (unpaired) electrons. The quantitative estimate of drug-likeness (QED) is 0.687. The first-order valence-corrected chi connectivity index (χ1v) is 9.33. The molecule has 1 unspecified atom stereocenters.